The van der Waals surface area contributed by atoms with Gasteiger partial charge in [-0.3, -0.25) is 9.36 Å². The van der Waals surface area contributed by atoms with Gasteiger partial charge in [0.25, 0.3) is 0 Å². The molecule has 0 aromatic rings. The Hall–Kier alpha value is -0.180. The lowest BCUT2D eigenvalue weighted by molar-refractivity contribution is -0.125. The Balaban J connectivity index is 4.20. The van der Waals surface area contributed by atoms with E-state index in [4.69, 9.17) is 9.79 Å². The molecule has 0 aliphatic rings. The third kappa shape index (κ3) is 6.82. The number of carbonyl (C=O) groups is 1. The van der Waals surface area contributed by atoms with Gasteiger partial charge in [0.1, 0.15) is 11.9 Å². The van der Waals surface area contributed by atoms with E-state index in [1.165, 1.54) is 0 Å². The van der Waals surface area contributed by atoms with Gasteiger partial charge in [0.2, 0.25) is 0 Å². The van der Waals surface area contributed by atoms with E-state index in [9.17, 15) is 9.36 Å². The van der Waals surface area contributed by atoms with E-state index in [2.05, 4.69) is 6.92 Å². The fraction of sp³-hybridized carbons (Fsp3) is 0.900. The summed E-state index contributed by atoms with van der Waals surface area (Å²) in [4.78, 5) is 29.0. The minimum Gasteiger partial charge on any atom is -0.324 e. The molecule has 0 aliphatic carbocycles. The first-order valence-corrected chi connectivity index (χ1v) is 7.06. The summed E-state index contributed by atoms with van der Waals surface area (Å²) >= 11 is 0. The second-order valence-electron chi connectivity index (χ2n) is 4.59. The first kappa shape index (κ1) is 14.8. The summed E-state index contributed by atoms with van der Waals surface area (Å²) in [6.07, 6.45) is 3.11. The Bertz CT molecular complexity index is 254. The Labute approximate surface area is 91.2 Å². The van der Waals surface area contributed by atoms with Crippen molar-refractivity contribution in [2.75, 3.05) is 6.16 Å². The largest absolute Gasteiger partial charge is 0.332 e. The lowest BCUT2D eigenvalue weighted by atomic mass is 9.83. The molecule has 0 atom stereocenters. The van der Waals surface area contributed by atoms with Gasteiger partial charge in [-0.15, -0.1) is 0 Å². The highest BCUT2D eigenvalue weighted by Crippen LogP contribution is 2.38. The predicted octanol–water partition coefficient (Wildman–Crippen LogP) is 2.34. The third-order valence-corrected chi connectivity index (χ3v) is 3.21. The molecular formula is C10H21O4P. The average Bonchev–Trinajstić information content (AvgIpc) is 2.01. The van der Waals surface area contributed by atoms with Crippen LogP contribution in [0.25, 0.3) is 0 Å². The maximum Gasteiger partial charge on any atom is 0.332 e. The lowest BCUT2D eigenvalue weighted by Gasteiger charge is -2.23. The van der Waals surface area contributed by atoms with Crippen LogP contribution in [0.4, 0.5) is 0 Å². The van der Waals surface area contributed by atoms with Gasteiger partial charge in [-0.25, -0.2) is 0 Å². The Morgan fingerprint density at radius 1 is 1.27 bits per heavy atom. The molecule has 0 aromatic carbocycles. The van der Waals surface area contributed by atoms with Crippen molar-refractivity contribution in [3.8, 4) is 0 Å². The molecule has 0 spiro atoms. The van der Waals surface area contributed by atoms with E-state index in [1.807, 2.05) is 0 Å². The molecule has 0 unspecified atom stereocenters. The zero-order chi connectivity index (χ0) is 12.1. The van der Waals surface area contributed by atoms with Gasteiger partial charge in [-0.05, 0) is 6.42 Å². The van der Waals surface area contributed by atoms with E-state index in [-0.39, 0.29) is 5.78 Å². The zero-order valence-corrected chi connectivity index (χ0v) is 10.6. The lowest BCUT2D eigenvalue weighted by Crippen LogP contribution is -2.27. The Morgan fingerprint density at radius 3 is 2.20 bits per heavy atom. The average molecular weight is 236 g/mol. The van der Waals surface area contributed by atoms with Gasteiger partial charge < -0.3 is 9.79 Å². The van der Waals surface area contributed by atoms with Crippen LogP contribution in [-0.2, 0) is 9.36 Å². The highest BCUT2D eigenvalue weighted by Gasteiger charge is 2.31. The van der Waals surface area contributed by atoms with E-state index < -0.39 is 19.2 Å². The van der Waals surface area contributed by atoms with E-state index >= 15 is 0 Å². The molecule has 0 aliphatic heterocycles. The predicted molar refractivity (Wildman–Crippen MR) is 59.8 cm³/mol. The van der Waals surface area contributed by atoms with Crippen LogP contribution in [0.2, 0.25) is 0 Å². The highest BCUT2D eigenvalue weighted by atomic mass is 31.2. The van der Waals surface area contributed by atoms with Crippen molar-refractivity contribution in [2.24, 2.45) is 5.41 Å². The molecule has 0 saturated carbocycles. The summed E-state index contributed by atoms with van der Waals surface area (Å²) in [5, 5.41) is 0. The van der Waals surface area contributed by atoms with Gasteiger partial charge in [0, 0.05) is 5.41 Å². The van der Waals surface area contributed by atoms with Crippen LogP contribution in [0.5, 0.6) is 0 Å². The zero-order valence-electron chi connectivity index (χ0n) is 9.69. The fourth-order valence-electron chi connectivity index (χ4n) is 1.36. The summed E-state index contributed by atoms with van der Waals surface area (Å²) < 4.78 is 10.7. The van der Waals surface area contributed by atoms with Crippen molar-refractivity contribution >= 4 is 13.4 Å². The van der Waals surface area contributed by atoms with Gasteiger partial charge in [0.05, 0.1) is 0 Å². The molecule has 0 rings (SSSR count). The molecule has 0 amide bonds. The molecule has 2 N–H and O–H groups in total. The van der Waals surface area contributed by atoms with Crippen molar-refractivity contribution in [3.05, 3.63) is 0 Å². The van der Waals surface area contributed by atoms with Crippen molar-refractivity contribution < 1.29 is 19.1 Å². The number of Topliss-reactive ketones (excluding diaryl/α,β-unsaturated/α-hetero) is 1. The summed E-state index contributed by atoms with van der Waals surface area (Å²) in [7, 11) is -4.21. The van der Waals surface area contributed by atoms with Crippen LogP contribution in [-0.4, -0.2) is 21.7 Å². The van der Waals surface area contributed by atoms with Gasteiger partial charge in [-0.2, -0.15) is 0 Å². The molecule has 0 fully saturated rings. The second-order valence-corrected chi connectivity index (χ2v) is 6.23. The first-order chi connectivity index (χ1) is 6.69. The summed E-state index contributed by atoms with van der Waals surface area (Å²) in [5.41, 5.74) is -0.615. The van der Waals surface area contributed by atoms with Gasteiger partial charge >= 0.3 is 7.60 Å². The molecule has 90 valence electrons. The SMILES string of the molecule is CCCCCC(C)(C)C(=O)CP(=O)(O)O. The van der Waals surface area contributed by atoms with Gasteiger partial charge in [-0.1, -0.05) is 40.0 Å². The molecule has 0 radical (unpaired) electrons. The normalized spacial score (nSPS) is 12.9. The Morgan fingerprint density at radius 2 is 1.80 bits per heavy atom. The van der Waals surface area contributed by atoms with Crippen LogP contribution in [0.15, 0.2) is 0 Å². The smallest absolute Gasteiger partial charge is 0.324 e. The maximum atomic E-state index is 11.6. The van der Waals surface area contributed by atoms with E-state index in [1.54, 1.807) is 13.8 Å². The number of hydrogen-bond acceptors (Lipinski definition) is 2. The molecular weight excluding hydrogens is 215 g/mol. The van der Waals surface area contributed by atoms with Crippen molar-refractivity contribution in [1.29, 1.82) is 0 Å². The van der Waals surface area contributed by atoms with Crippen LogP contribution < -0.4 is 0 Å². The quantitative estimate of drug-likeness (QED) is 0.525. The maximum absolute atomic E-state index is 11.6. The third-order valence-electron chi connectivity index (χ3n) is 2.51. The molecule has 15 heavy (non-hydrogen) atoms. The second kappa shape index (κ2) is 5.78. The minimum atomic E-state index is -4.21. The van der Waals surface area contributed by atoms with Crippen molar-refractivity contribution in [3.63, 3.8) is 0 Å². The molecule has 0 heterocycles. The molecule has 4 nitrogen and oxygen atoms in total. The van der Waals surface area contributed by atoms with E-state index in [0.29, 0.717) is 6.42 Å². The van der Waals surface area contributed by atoms with Crippen LogP contribution in [0.3, 0.4) is 0 Å². The molecule has 0 aromatic heterocycles. The van der Waals surface area contributed by atoms with Crippen molar-refractivity contribution in [2.45, 2.75) is 46.5 Å². The summed E-state index contributed by atoms with van der Waals surface area (Å²) in [6, 6.07) is 0. The number of rotatable bonds is 7. The van der Waals surface area contributed by atoms with E-state index in [0.717, 1.165) is 19.3 Å². The molecule has 5 heteroatoms. The van der Waals surface area contributed by atoms with Crippen LogP contribution >= 0.6 is 7.60 Å². The minimum absolute atomic E-state index is 0.341. The first-order valence-electron chi connectivity index (χ1n) is 5.27. The topological polar surface area (TPSA) is 74.6 Å². The molecule has 0 saturated heterocycles. The number of hydrogen-bond donors (Lipinski definition) is 2. The summed E-state index contributed by atoms with van der Waals surface area (Å²) in [6.45, 7) is 5.58. The number of unbranched alkanes of at least 4 members (excludes halogenated alkanes) is 2. The fourth-order valence-corrected chi connectivity index (χ4v) is 2.16. The van der Waals surface area contributed by atoms with Crippen molar-refractivity contribution in [1.82, 2.24) is 0 Å². The standard InChI is InChI=1S/C10H21O4P/c1-4-5-6-7-10(2,3)9(11)8-15(12,13)14/h4-8H2,1-3H3,(H2,12,13,14). The monoisotopic (exact) mass is 236 g/mol. The van der Waals surface area contributed by atoms with Crippen LogP contribution in [0.1, 0.15) is 46.5 Å². The number of carbonyl (C=O) groups excluding carboxylic acids is 1. The molecule has 0 bridgehead atoms. The highest BCUT2D eigenvalue weighted by molar-refractivity contribution is 7.52. The summed E-state index contributed by atoms with van der Waals surface area (Å²) in [5.74, 6) is -0.341. The Kier molecular flexibility index (Phi) is 5.71. The number of ketones is 1. The van der Waals surface area contributed by atoms with Crippen LogP contribution in [0, 0.1) is 5.41 Å². The van der Waals surface area contributed by atoms with Gasteiger partial charge in [0.15, 0.2) is 0 Å².